The van der Waals surface area contributed by atoms with Gasteiger partial charge in [-0.05, 0) is 31.2 Å². The molecule has 2 aromatic rings. The van der Waals surface area contributed by atoms with Crippen LogP contribution < -0.4 is 10.1 Å². The molecule has 0 aliphatic carbocycles. The fourth-order valence-corrected chi connectivity index (χ4v) is 2.99. The lowest BCUT2D eigenvalue weighted by molar-refractivity contribution is -0.404. The van der Waals surface area contributed by atoms with Crippen molar-refractivity contribution in [3.63, 3.8) is 0 Å². The molecule has 0 aromatic heterocycles. The number of nitrogens with one attached hydrogen (secondary N) is 1. The molecule has 2 aromatic carbocycles. The molecule has 4 rings (SSSR count). The normalized spacial score (nSPS) is 20.8. The summed E-state index contributed by atoms with van der Waals surface area (Å²) in [6, 6.07) is 15.2. The van der Waals surface area contributed by atoms with E-state index in [0.29, 0.717) is 13.0 Å². The Morgan fingerprint density at radius 3 is 2.48 bits per heavy atom. The smallest absolute Gasteiger partial charge is 0.493 e. The number of hydrogen-bond acceptors (Lipinski definition) is 3. The summed E-state index contributed by atoms with van der Waals surface area (Å²) in [5.74, 6) is 0.788. The fraction of sp³-hybridized carbons (Fsp3) is 0.235. The third-order valence-electron chi connectivity index (χ3n) is 4.08. The number of azo groups is 2. The number of fused-ring (bicyclic) bond motifs is 2. The van der Waals surface area contributed by atoms with Crippen molar-refractivity contribution >= 4 is 19.0 Å². The number of amides is 2. The second-order valence-electron chi connectivity index (χ2n) is 6.13. The van der Waals surface area contributed by atoms with Gasteiger partial charge in [0.25, 0.3) is 5.66 Å². The minimum atomic E-state index is -6.00. The summed E-state index contributed by atoms with van der Waals surface area (Å²) in [5.41, 5.74) is 2.07. The third kappa shape index (κ3) is 4.26. The molecule has 2 amide bonds. The van der Waals surface area contributed by atoms with Gasteiger partial charge in [0.05, 0.1) is 18.6 Å². The molecule has 142 valence electrons. The summed E-state index contributed by atoms with van der Waals surface area (Å²) in [5, 5.41) is 7.75. The summed E-state index contributed by atoms with van der Waals surface area (Å²) in [4.78, 5) is 12.4. The van der Waals surface area contributed by atoms with Gasteiger partial charge >= 0.3 is 13.3 Å². The number of benzene rings is 2. The van der Waals surface area contributed by atoms with Gasteiger partial charge in [0, 0.05) is 0 Å². The maximum atomic E-state index is 12.4. The average molecular weight is 381 g/mol. The van der Waals surface area contributed by atoms with Crippen LogP contribution in [-0.2, 0) is 5.66 Å². The van der Waals surface area contributed by atoms with E-state index < -0.39 is 12.9 Å². The number of halogens is 4. The molecule has 2 aliphatic heterocycles. The highest BCUT2D eigenvalue weighted by molar-refractivity contribution is 6.50. The molecule has 27 heavy (non-hydrogen) atoms. The van der Waals surface area contributed by atoms with Crippen molar-refractivity contribution in [1.82, 2.24) is 5.32 Å². The number of hydrogen-bond donors (Lipinski definition) is 1. The van der Waals surface area contributed by atoms with Crippen LogP contribution in [0.1, 0.15) is 17.5 Å². The topological polar surface area (TPSA) is 53.7 Å². The lowest BCUT2D eigenvalue weighted by Gasteiger charge is -2.27. The van der Waals surface area contributed by atoms with Gasteiger partial charge in [-0.3, -0.25) is 0 Å². The molecule has 1 atom stereocenters. The maximum absolute atomic E-state index is 12.4. The van der Waals surface area contributed by atoms with E-state index in [2.05, 4.69) is 5.32 Å². The van der Waals surface area contributed by atoms with Gasteiger partial charge in [-0.1, -0.05) is 39.6 Å². The highest BCUT2D eigenvalue weighted by Gasteiger charge is 2.52. The van der Waals surface area contributed by atoms with Gasteiger partial charge in [-0.2, -0.15) is 4.79 Å². The number of nitrogens with zero attached hydrogens (tertiary/aromatic N) is 2. The van der Waals surface area contributed by atoms with Crippen LogP contribution >= 0.6 is 0 Å². The van der Waals surface area contributed by atoms with E-state index in [1.54, 1.807) is 0 Å². The monoisotopic (exact) mass is 381 g/mol. The first-order valence-electron chi connectivity index (χ1n) is 8.19. The Morgan fingerprint density at radius 2 is 1.81 bits per heavy atom. The Bertz CT molecular complexity index is 883. The molecule has 0 fully saturated rings. The number of para-hydroxylation sites is 1. The largest absolute Gasteiger partial charge is 0.673 e. The second-order valence-corrected chi connectivity index (χ2v) is 6.13. The van der Waals surface area contributed by atoms with E-state index in [4.69, 9.17) is 9.85 Å². The van der Waals surface area contributed by atoms with Crippen LogP contribution in [-0.4, -0.2) is 24.6 Å². The number of urea groups is 1. The SMILES string of the molecule is Cc1ccc2c(c1)C1(CCO2)N=[N+](c2ccccc2)C(=O)N1.F[B-](F)(F)F. The summed E-state index contributed by atoms with van der Waals surface area (Å²) >= 11 is 0. The predicted octanol–water partition coefficient (Wildman–Crippen LogP) is 4.75. The summed E-state index contributed by atoms with van der Waals surface area (Å²) in [6.07, 6.45) is 0.624. The second kappa shape index (κ2) is 7.01. The van der Waals surface area contributed by atoms with Crippen LogP contribution in [0.15, 0.2) is 53.6 Å². The Labute approximate surface area is 152 Å². The maximum Gasteiger partial charge on any atom is 0.673 e. The molecule has 0 saturated carbocycles. The molecule has 0 bridgehead atoms. The molecule has 5 nitrogen and oxygen atoms in total. The number of ether oxygens (including phenoxy) is 1. The van der Waals surface area contributed by atoms with Crippen molar-refractivity contribution in [2.45, 2.75) is 19.0 Å². The molecule has 0 radical (unpaired) electrons. The number of rotatable bonds is 1. The summed E-state index contributed by atoms with van der Waals surface area (Å²) in [7, 11) is -6.00. The quantitative estimate of drug-likeness (QED) is 0.440. The van der Waals surface area contributed by atoms with E-state index in [0.717, 1.165) is 22.6 Å². The van der Waals surface area contributed by atoms with Gasteiger partial charge in [0.2, 0.25) is 0 Å². The van der Waals surface area contributed by atoms with Crippen molar-refractivity contribution in [1.29, 1.82) is 0 Å². The molecule has 1 N–H and O–H groups in total. The van der Waals surface area contributed by atoms with Crippen LogP contribution in [0, 0.1) is 6.92 Å². The Kier molecular flexibility index (Phi) is 4.90. The van der Waals surface area contributed by atoms with E-state index >= 15 is 0 Å². The van der Waals surface area contributed by atoms with Crippen molar-refractivity contribution in [3.8, 4) is 5.75 Å². The zero-order valence-corrected chi connectivity index (χ0v) is 14.3. The van der Waals surface area contributed by atoms with Gasteiger partial charge in [-0.15, -0.1) is 0 Å². The van der Waals surface area contributed by atoms with E-state index in [1.807, 2.05) is 55.5 Å². The zero-order valence-electron chi connectivity index (χ0n) is 14.3. The van der Waals surface area contributed by atoms with Gasteiger partial charge in [0.1, 0.15) is 5.75 Å². The van der Waals surface area contributed by atoms with Crippen molar-refractivity contribution < 1.29 is 31.5 Å². The molecule has 2 heterocycles. The van der Waals surface area contributed by atoms with Crippen LogP contribution in [0.4, 0.5) is 27.7 Å². The molecule has 1 spiro atoms. The predicted molar refractivity (Wildman–Crippen MR) is 90.5 cm³/mol. The fourth-order valence-electron chi connectivity index (χ4n) is 2.99. The first-order chi connectivity index (χ1) is 12.7. The number of carbonyl (C=O) groups is 1. The van der Waals surface area contributed by atoms with Crippen molar-refractivity contribution in [3.05, 3.63) is 59.7 Å². The number of carbonyl (C=O) groups excluding carboxylic acids is 1. The first kappa shape index (κ1) is 18.9. The third-order valence-corrected chi connectivity index (χ3v) is 4.08. The number of aryl methyl sites for hydroxylation is 1. The van der Waals surface area contributed by atoms with Crippen molar-refractivity contribution in [2.75, 3.05) is 6.61 Å². The lowest BCUT2D eigenvalue weighted by Crippen LogP contribution is -2.43. The molecule has 0 saturated heterocycles. The first-order valence-corrected chi connectivity index (χ1v) is 8.19. The Morgan fingerprint density at radius 1 is 1.15 bits per heavy atom. The van der Waals surface area contributed by atoms with Crippen LogP contribution in [0.2, 0.25) is 0 Å². The van der Waals surface area contributed by atoms with Gasteiger partial charge in [0.15, 0.2) is 5.69 Å². The molecule has 2 aliphatic rings. The molecule has 1 unspecified atom stereocenters. The summed E-state index contributed by atoms with van der Waals surface area (Å²) in [6.45, 7) is 2.55. The molecule has 10 heteroatoms. The standard InChI is InChI=1S/C17H15N3O2.BF4/c1-12-7-8-15-14(11-12)17(9-10-22-15)18-16(21)20(19-17)13-5-3-2-4-6-13;2-1(3,4)5/h2-8,11H,9-10H2,1H3;/q;-1/p+1. The van der Waals surface area contributed by atoms with E-state index in [9.17, 15) is 22.1 Å². The van der Waals surface area contributed by atoms with Crippen molar-refractivity contribution in [2.24, 2.45) is 5.11 Å². The molecular weight excluding hydrogens is 365 g/mol. The van der Waals surface area contributed by atoms with Gasteiger partial charge in [-0.25, -0.2) is 5.32 Å². The Balaban J connectivity index is 0.000000376. The van der Waals surface area contributed by atoms with Crippen LogP contribution in [0.5, 0.6) is 5.75 Å². The highest BCUT2D eigenvalue weighted by atomic mass is 19.5. The minimum Gasteiger partial charge on any atom is -0.493 e. The average Bonchev–Trinajstić information content (AvgIpc) is 2.92. The van der Waals surface area contributed by atoms with E-state index in [-0.39, 0.29) is 6.03 Å². The Hall–Kier alpha value is -2.91. The highest BCUT2D eigenvalue weighted by Crippen LogP contribution is 2.41. The minimum absolute atomic E-state index is 0.208. The zero-order chi connectivity index (χ0) is 19.7. The van der Waals surface area contributed by atoms with Crippen LogP contribution in [0.3, 0.4) is 0 Å². The molecular formula is C17H16BF4N3O2. The lowest BCUT2D eigenvalue weighted by atomic mass is 9.93. The van der Waals surface area contributed by atoms with E-state index in [1.165, 1.54) is 4.70 Å². The van der Waals surface area contributed by atoms with Crippen LogP contribution in [0.25, 0.3) is 0 Å². The summed E-state index contributed by atoms with van der Waals surface area (Å²) < 4.78 is 46.2. The van der Waals surface area contributed by atoms with Gasteiger partial charge < -0.3 is 22.0 Å².